The van der Waals surface area contributed by atoms with Gasteiger partial charge in [0.25, 0.3) is 5.91 Å². The highest BCUT2D eigenvalue weighted by Gasteiger charge is 2.08. The van der Waals surface area contributed by atoms with Gasteiger partial charge in [0.05, 0.1) is 0 Å². The molecule has 0 aliphatic rings. The summed E-state index contributed by atoms with van der Waals surface area (Å²) in [4.78, 5) is 23.4. The number of benzene rings is 2. The Morgan fingerprint density at radius 3 is 2.30 bits per heavy atom. The molecule has 1 unspecified atom stereocenters. The van der Waals surface area contributed by atoms with Crippen molar-refractivity contribution in [2.24, 2.45) is 0 Å². The lowest BCUT2D eigenvalue weighted by Crippen LogP contribution is -2.13. The quantitative estimate of drug-likeness (QED) is 0.859. The number of nitrogens with one attached hydrogen (secondary N) is 2. The predicted molar refractivity (Wildman–Crippen MR) is 93.8 cm³/mol. The fourth-order valence-corrected chi connectivity index (χ4v) is 2.28. The second-order valence-electron chi connectivity index (χ2n) is 5.65. The van der Waals surface area contributed by atoms with Crippen molar-refractivity contribution in [3.63, 3.8) is 0 Å². The largest absolute Gasteiger partial charge is 0.326 e. The van der Waals surface area contributed by atoms with Crippen LogP contribution in [0.1, 0.15) is 49.0 Å². The number of hydrogen-bond donors (Lipinski definition) is 2. The Balaban J connectivity index is 2.08. The summed E-state index contributed by atoms with van der Waals surface area (Å²) in [6.07, 6.45) is 1.08. The van der Waals surface area contributed by atoms with Crippen LogP contribution in [0.15, 0.2) is 48.5 Å². The summed E-state index contributed by atoms with van der Waals surface area (Å²) < 4.78 is 0. The van der Waals surface area contributed by atoms with E-state index in [4.69, 9.17) is 0 Å². The SMILES string of the molecule is CCC(C)c1ccc(NC(=O)c2cccc(NC(C)=O)c2)cc1. The van der Waals surface area contributed by atoms with Gasteiger partial charge in [0, 0.05) is 23.9 Å². The van der Waals surface area contributed by atoms with Crippen LogP contribution in [0.25, 0.3) is 0 Å². The average molecular weight is 310 g/mol. The van der Waals surface area contributed by atoms with Gasteiger partial charge in [-0.2, -0.15) is 0 Å². The molecular weight excluding hydrogens is 288 g/mol. The Bertz CT molecular complexity index is 693. The van der Waals surface area contributed by atoms with Gasteiger partial charge in [-0.1, -0.05) is 32.0 Å². The van der Waals surface area contributed by atoms with Gasteiger partial charge in [-0.05, 0) is 48.2 Å². The Morgan fingerprint density at radius 1 is 1.00 bits per heavy atom. The summed E-state index contributed by atoms with van der Waals surface area (Å²) in [5.41, 5.74) is 3.13. The number of anilines is 2. The minimum absolute atomic E-state index is 0.164. The lowest BCUT2D eigenvalue weighted by molar-refractivity contribution is -0.114. The van der Waals surface area contributed by atoms with Gasteiger partial charge in [0.2, 0.25) is 5.91 Å². The number of carbonyl (C=O) groups excluding carboxylic acids is 2. The number of carbonyl (C=O) groups is 2. The van der Waals surface area contributed by atoms with Gasteiger partial charge < -0.3 is 10.6 Å². The molecule has 0 fully saturated rings. The van der Waals surface area contributed by atoms with Crippen LogP contribution in [0, 0.1) is 0 Å². The predicted octanol–water partition coefficient (Wildman–Crippen LogP) is 4.41. The molecule has 0 spiro atoms. The van der Waals surface area contributed by atoms with Crippen LogP contribution in [0.2, 0.25) is 0 Å². The van der Waals surface area contributed by atoms with Crippen LogP contribution in [0.5, 0.6) is 0 Å². The fourth-order valence-electron chi connectivity index (χ4n) is 2.28. The van der Waals surface area contributed by atoms with E-state index in [9.17, 15) is 9.59 Å². The average Bonchev–Trinajstić information content (AvgIpc) is 2.54. The first-order valence-corrected chi connectivity index (χ1v) is 7.78. The third-order valence-corrected chi connectivity index (χ3v) is 3.80. The minimum atomic E-state index is -0.200. The zero-order valence-electron chi connectivity index (χ0n) is 13.7. The van der Waals surface area contributed by atoms with E-state index in [0.29, 0.717) is 17.2 Å². The summed E-state index contributed by atoms with van der Waals surface area (Å²) in [7, 11) is 0. The smallest absolute Gasteiger partial charge is 0.255 e. The normalized spacial score (nSPS) is 11.6. The molecule has 0 saturated heterocycles. The van der Waals surface area contributed by atoms with E-state index < -0.39 is 0 Å². The van der Waals surface area contributed by atoms with Gasteiger partial charge in [0.1, 0.15) is 0 Å². The molecule has 120 valence electrons. The molecule has 0 bridgehead atoms. The molecule has 2 amide bonds. The molecule has 0 heterocycles. The lowest BCUT2D eigenvalue weighted by atomic mass is 9.98. The molecule has 23 heavy (non-hydrogen) atoms. The van der Waals surface area contributed by atoms with E-state index in [1.54, 1.807) is 24.3 Å². The zero-order valence-corrected chi connectivity index (χ0v) is 13.7. The van der Waals surface area contributed by atoms with E-state index in [1.165, 1.54) is 12.5 Å². The highest BCUT2D eigenvalue weighted by Crippen LogP contribution is 2.21. The molecule has 2 rings (SSSR count). The Morgan fingerprint density at radius 2 is 1.70 bits per heavy atom. The number of amides is 2. The molecule has 0 aliphatic carbocycles. The summed E-state index contributed by atoms with van der Waals surface area (Å²) >= 11 is 0. The van der Waals surface area contributed by atoms with Crippen molar-refractivity contribution in [3.8, 4) is 0 Å². The van der Waals surface area contributed by atoms with Gasteiger partial charge in [-0.25, -0.2) is 0 Å². The highest BCUT2D eigenvalue weighted by molar-refractivity contribution is 6.05. The third kappa shape index (κ3) is 4.68. The van der Waals surface area contributed by atoms with Crippen molar-refractivity contribution in [3.05, 3.63) is 59.7 Å². The third-order valence-electron chi connectivity index (χ3n) is 3.80. The van der Waals surface area contributed by atoms with Crippen molar-refractivity contribution in [1.82, 2.24) is 0 Å². The first-order chi connectivity index (χ1) is 11.0. The second kappa shape index (κ2) is 7.58. The molecule has 0 saturated carbocycles. The first kappa shape index (κ1) is 16.7. The van der Waals surface area contributed by atoms with Crippen LogP contribution in [-0.2, 0) is 4.79 Å². The van der Waals surface area contributed by atoms with Crippen LogP contribution >= 0.6 is 0 Å². The Labute approximate surface area is 136 Å². The van der Waals surface area contributed by atoms with E-state index in [2.05, 4.69) is 24.5 Å². The van der Waals surface area contributed by atoms with Gasteiger partial charge >= 0.3 is 0 Å². The van der Waals surface area contributed by atoms with Crippen LogP contribution in [0.4, 0.5) is 11.4 Å². The van der Waals surface area contributed by atoms with Crippen molar-refractivity contribution < 1.29 is 9.59 Å². The Kier molecular flexibility index (Phi) is 5.52. The van der Waals surface area contributed by atoms with Crippen molar-refractivity contribution in [1.29, 1.82) is 0 Å². The van der Waals surface area contributed by atoms with Crippen LogP contribution in [0.3, 0.4) is 0 Å². The van der Waals surface area contributed by atoms with Crippen molar-refractivity contribution in [2.75, 3.05) is 10.6 Å². The molecule has 0 radical (unpaired) electrons. The maximum absolute atomic E-state index is 12.3. The standard InChI is InChI=1S/C19H22N2O2/c1-4-13(2)15-8-10-17(11-9-15)21-19(23)16-6-5-7-18(12-16)20-14(3)22/h5-13H,4H2,1-3H3,(H,20,22)(H,21,23). The summed E-state index contributed by atoms with van der Waals surface area (Å²) in [6, 6.07) is 14.8. The number of hydrogen-bond acceptors (Lipinski definition) is 2. The summed E-state index contributed by atoms with van der Waals surface area (Å²) in [6.45, 7) is 5.77. The number of rotatable bonds is 5. The van der Waals surface area contributed by atoms with Crippen molar-refractivity contribution >= 4 is 23.2 Å². The van der Waals surface area contributed by atoms with Crippen LogP contribution in [-0.4, -0.2) is 11.8 Å². The molecule has 4 heteroatoms. The molecule has 4 nitrogen and oxygen atoms in total. The van der Waals surface area contributed by atoms with E-state index in [1.807, 2.05) is 24.3 Å². The van der Waals surface area contributed by atoms with E-state index in [0.717, 1.165) is 12.1 Å². The minimum Gasteiger partial charge on any atom is -0.326 e. The molecule has 2 aromatic rings. The molecule has 2 N–H and O–H groups in total. The maximum Gasteiger partial charge on any atom is 0.255 e. The van der Waals surface area contributed by atoms with Gasteiger partial charge in [0.15, 0.2) is 0 Å². The molecule has 1 atom stereocenters. The summed E-state index contributed by atoms with van der Waals surface area (Å²) in [5.74, 6) is 0.144. The van der Waals surface area contributed by atoms with Crippen molar-refractivity contribution in [2.45, 2.75) is 33.1 Å². The Hall–Kier alpha value is -2.62. The van der Waals surface area contributed by atoms with E-state index in [-0.39, 0.29) is 11.8 Å². The van der Waals surface area contributed by atoms with Gasteiger partial charge in [-0.3, -0.25) is 9.59 Å². The zero-order chi connectivity index (χ0) is 16.8. The first-order valence-electron chi connectivity index (χ1n) is 7.78. The second-order valence-corrected chi connectivity index (χ2v) is 5.65. The molecule has 0 aliphatic heterocycles. The summed E-state index contributed by atoms with van der Waals surface area (Å²) in [5, 5.41) is 5.54. The maximum atomic E-state index is 12.3. The van der Waals surface area contributed by atoms with E-state index >= 15 is 0 Å². The molecule has 2 aromatic carbocycles. The molecule has 0 aromatic heterocycles. The highest BCUT2D eigenvalue weighted by atomic mass is 16.2. The fraction of sp³-hybridized carbons (Fsp3) is 0.263. The van der Waals surface area contributed by atoms with Gasteiger partial charge in [-0.15, -0.1) is 0 Å². The monoisotopic (exact) mass is 310 g/mol. The lowest BCUT2D eigenvalue weighted by Gasteiger charge is -2.11. The van der Waals surface area contributed by atoms with Crippen LogP contribution < -0.4 is 10.6 Å². The molecular formula is C19H22N2O2. The topological polar surface area (TPSA) is 58.2 Å².